The predicted molar refractivity (Wildman–Crippen MR) is 105 cm³/mol. The number of aryl methyl sites for hydroxylation is 1. The number of rotatable bonds is 6. The Balaban J connectivity index is 2.16. The summed E-state index contributed by atoms with van der Waals surface area (Å²) in [6.45, 7) is 7.45. The standard InChI is InChI=1S/C21H26N4O/c1-5-23-21(24-14-18-8-6-7-17(12-18)13-22)25-16(3)19-11-15(2)9-10-20(19)26-4/h6-12,16H,5,14H2,1-4H3,(H2,23,24,25). The summed E-state index contributed by atoms with van der Waals surface area (Å²) in [7, 11) is 1.68. The minimum atomic E-state index is 0.0353. The van der Waals surface area contributed by atoms with Gasteiger partial charge in [-0.2, -0.15) is 5.26 Å². The molecule has 2 aromatic rings. The van der Waals surface area contributed by atoms with Gasteiger partial charge in [0, 0.05) is 12.1 Å². The van der Waals surface area contributed by atoms with Crippen molar-refractivity contribution in [3.63, 3.8) is 0 Å². The van der Waals surface area contributed by atoms with Crippen LogP contribution < -0.4 is 15.4 Å². The van der Waals surface area contributed by atoms with Gasteiger partial charge in [0.05, 0.1) is 31.3 Å². The maximum atomic E-state index is 9.02. The van der Waals surface area contributed by atoms with Gasteiger partial charge in [0.25, 0.3) is 0 Å². The molecular weight excluding hydrogens is 324 g/mol. The van der Waals surface area contributed by atoms with Gasteiger partial charge < -0.3 is 15.4 Å². The van der Waals surface area contributed by atoms with E-state index in [-0.39, 0.29) is 6.04 Å². The van der Waals surface area contributed by atoms with Crippen LogP contribution in [0.15, 0.2) is 47.5 Å². The van der Waals surface area contributed by atoms with Gasteiger partial charge in [0.15, 0.2) is 5.96 Å². The molecule has 2 N–H and O–H groups in total. The Kier molecular flexibility index (Phi) is 7.04. The third kappa shape index (κ3) is 5.25. The Morgan fingerprint density at radius 3 is 2.77 bits per heavy atom. The summed E-state index contributed by atoms with van der Waals surface area (Å²) >= 11 is 0. The third-order valence-corrected chi connectivity index (χ3v) is 4.02. The normalized spacial score (nSPS) is 12.2. The zero-order valence-corrected chi connectivity index (χ0v) is 15.8. The van der Waals surface area contributed by atoms with Gasteiger partial charge in [-0.15, -0.1) is 0 Å². The Labute approximate surface area is 155 Å². The lowest BCUT2D eigenvalue weighted by Crippen LogP contribution is -2.38. The summed E-state index contributed by atoms with van der Waals surface area (Å²) in [5, 5.41) is 15.7. The molecule has 0 bridgehead atoms. The van der Waals surface area contributed by atoms with Crippen LogP contribution in [0, 0.1) is 18.3 Å². The Bertz CT molecular complexity index is 808. The fourth-order valence-electron chi connectivity index (χ4n) is 2.70. The molecule has 136 valence electrons. The van der Waals surface area contributed by atoms with Crippen molar-refractivity contribution < 1.29 is 4.74 Å². The minimum absolute atomic E-state index is 0.0353. The van der Waals surface area contributed by atoms with Crippen LogP contribution in [0.2, 0.25) is 0 Å². The molecule has 0 saturated heterocycles. The molecule has 0 radical (unpaired) electrons. The van der Waals surface area contributed by atoms with Crippen molar-refractivity contribution in [1.82, 2.24) is 10.6 Å². The van der Waals surface area contributed by atoms with Crippen molar-refractivity contribution >= 4 is 5.96 Å². The van der Waals surface area contributed by atoms with Crippen molar-refractivity contribution in [3.05, 3.63) is 64.7 Å². The molecule has 0 aliphatic rings. The summed E-state index contributed by atoms with van der Waals surface area (Å²) in [4.78, 5) is 4.65. The monoisotopic (exact) mass is 350 g/mol. The molecule has 0 spiro atoms. The van der Waals surface area contributed by atoms with Crippen LogP contribution in [-0.2, 0) is 6.54 Å². The van der Waals surface area contributed by atoms with E-state index in [2.05, 4.69) is 41.6 Å². The van der Waals surface area contributed by atoms with Crippen LogP contribution in [-0.4, -0.2) is 19.6 Å². The Morgan fingerprint density at radius 1 is 1.27 bits per heavy atom. The molecule has 0 heterocycles. The third-order valence-electron chi connectivity index (χ3n) is 4.02. The van der Waals surface area contributed by atoms with Gasteiger partial charge in [-0.25, -0.2) is 4.99 Å². The average molecular weight is 350 g/mol. The first-order valence-corrected chi connectivity index (χ1v) is 8.75. The predicted octanol–water partition coefficient (Wildman–Crippen LogP) is 3.69. The molecule has 0 aliphatic carbocycles. The topological polar surface area (TPSA) is 69.4 Å². The van der Waals surface area contributed by atoms with Crippen LogP contribution in [0.3, 0.4) is 0 Å². The highest BCUT2D eigenvalue weighted by Crippen LogP contribution is 2.26. The SMILES string of the molecule is CCNC(=NCc1cccc(C#N)c1)NC(C)c1cc(C)ccc1OC. The molecule has 2 aromatic carbocycles. The number of hydrogen-bond acceptors (Lipinski definition) is 3. The molecule has 5 heteroatoms. The van der Waals surface area contributed by atoms with Crippen molar-refractivity contribution in [2.45, 2.75) is 33.4 Å². The highest BCUT2D eigenvalue weighted by molar-refractivity contribution is 5.80. The number of aliphatic imine (C=N–C) groups is 1. The van der Waals surface area contributed by atoms with Gasteiger partial charge >= 0.3 is 0 Å². The first-order chi connectivity index (χ1) is 12.6. The summed E-state index contributed by atoms with van der Waals surface area (Å²) in [6.07, 6.45) is 0. The number of methoxy groups -OCH3 is 1. The number of nitrogens with one attached hydrogen (secondary N) is 2. The first-order valence-electron chi connectivity index (χ1n) is 8.75. The van der Waals surface area contributed by atoms with Crippen LogP contribution >= 0.6 is 0 Å². The number of guanidine groups is 1. The molecule has 0 amide bonds. The van der Waals surface area contributed by atoms with Crippen LogP contribution in [0.1, 0.15) is 42.1 Å². The highest BCUT2D eigenvalue weighted by Gasteiger charge is 2.13. The summed E-state index contributed by atoms with van der Waals surface area (Å²) in [5.74, 6) is 1.58. The molecule has 0 saturated carbocycles. The van der Waals surface area contributed by atoms with Crippen LogP contribution in [0.5, 0.6) is 5.75 Å². The van der Waals surface area contributed by atoms with E-state index in [1.807, 2.05) is 37.3 Å². The van der Waals surface area contributed by atoms with Crippen LogP contribution in [0.25, 0.3) is 0 Å². The smallest absolute Gasteiger partial charge is 0.192 e. The molecule has 2 rings (SSSR count). The second-order valence-corrected chi connectivity index (χ2v) is 6.12. The number of hydrogen-bond donors (Lipinski definition) is 2. The van der Waals surface area contributed by atoms with E-state index in [0.29, 0.717) is 12.1 Å². The number of nitriles is 1. The fourth-order valence-corrected chi connectivity index (χ4v) is 2.70. The second-order valence-electron chi connectivity index (χ2n) is 6.12. The Morgan fingerprint density at radius 2 is 2.08 bits per heavy atom. The van der Waals surface area contributed by atoms with Crippen molar-refractivity contribution in [1.29, 1.82) is 5.26 Å². The summed E-state index contributed by atoms with van der Waals surface area (Å²) < 4.78 is 5.49. The van der Waals surface area contributed by atoms with E-state index in [0.717, 1.165) is 29.4 Å². The van der Waals surface area contributed by atoms with Gasteiger partial charge in [0.2, 0.25) is 0 Å². The molecule has 0 aromatic heterocycles. The van der Waals surface area contributed by atoms with Crippen molar-refractivity contribution in [2.75, 3.05) is 13.7 Å². The summed E-state index contributed by atoms with van der Waals surface area (Å²) in [5.41, 5.74) is 3.92. The maximum Gasteiger partial charge on any atom is 0.192 e. The number of benzene rings is 2. The molecule has 26 heavy (non-hydrogen) atoms. The fraction of sp³-hybridized carbons (Fsp3) is 0.333. The van der Waals surface area contributed by atoms with E-state index < -0.39 is 0 Å². The zero-order valence-electron chi connectivity index (χ0n) is 15.8. The van der Waals surface area contributed by atoms with Gasteiger partial charge in [-0.3, -0.25) is 0 Å². The van der Waals surface area contributed by atoms with E-state index in [4.69, 9.17) is 10.00 Å². The first kappa shape index (κ1) is 19.3. The second kappa shape index (κ2) is 9.47. The summed E-state index contributed by atoms with van der Waals surface area (Å²) in [6, 6.07) is 15.8. The highest BCUT2D eigenvalue weighted by atomic mass is 16.5. The molecule has 0 fully saturated rings. The van der Waals surface area contributed by atoms with E-state index in [9.17, 15) is 0 Å². The lowest BCUT2D eigenvalue weighted by molar-refractivity contribution is 0.405. The number of nitrogens with zero attached hydrogens (tertiary/aromatic N) is 2. The quantitative estimate of drug-likeness (QED) is 0.616. The van der Waals surface area contributed by atoms with Crippen LogP contribution in [0.4, 0.5) is 0 Å². The molecule has 5 nitrogen and oxygen atoms in total. The lowest BCUT2D eigenvalue weighted by atomic mass is 10.0. The molecule has 1 atom stereocenters. The van der Waals surface area contributed by atoms with Gasteiger partial charge in [-0.1, -0.05) is 29.8 Å². The van der Waals surface area contributed by atoms with E-state index in [1.165, 1.54) is 5.56 Å². The zero-order chi connectivity index (χ0) is 18.9. The molecule has 1 unspecified atom stereocenters. The van der Waals surface area contributed by atoms with Crippen molar-refractivity contribution in [3.8, 4) is 11.8 Å². The van der Waals surface area contributed by atoms with Gasteiger partial charge in [-0.05, 0) is 44.5 Å². The maximum absolute atomic E-state index is 9.02. The van der Waals surface area contributed by atoms with E-state index in [1.54, 1.807) is 13.2 Å². The van der Waals surface area contributed by atoms with Gasteiger partial charge in [0.1, 0.15) is 5.75 Å². The van der Waals surface area contributed by atoms with E-state index >= 15 is 0 Å². The lowest BCUT2D eigenvalue weighted by Gasteiger charge is -2.20. The minimum Gasteiger partial charge on any atom is -0.496 e. The average Bonchev–Trinajstić information content (AvgIpc) is 2.66. The Hall–Kier alpha value is -3.00. The van der Waals surface area contributed by atoms with Crippen molar-refractivity contribution in [2.24, 2.45) is 4.99 Å². The molecule has 0 aliphatic heterocycles. The largest absolute Gasteiger partial charge is 0.496 e. The molecular formula is C21H26N4O. The number of ether oxygens (including phenoxy) is 1.